The molecule has 4 heterocycles. The number of ether oxygens (including phenoxy) is 1. The summed E-state index contributed by atoms with van der Waals surface area (Å²) in [5.41, 5.74) is 2.09. The summed E-state index contributed by atoms with van der Waals surface area (Å²) >= 11 is 0. The standard InChI is InChI=1S/C22H20FN7O/c1-29-11-17(9-28-29)31-22-20-18(14-4-5-15(8-24)19(23)7-14)12-30(21(20)26-13-27-22)10-16-3-2-6-25-16/h4-5,7,9,11-13,16,25H,2-3,6,10H2,1H3. The second-order valence-electron chi connectivity index (χ2n) is 7.62. The lowest BCUT2D eigenvalue weighted by atomic mass is 10.0. The predicted octanol–water partition coefficient (Wildman–Crippen LogP) is 3.39. The molecule has 0 saturated carbocycles. The van der Waals surface area contributed by atoms with Crippen LogP contribution in [0.15, 0.2) is 43.1 Å². The molecule has 31 heavy (non-hydrogen) atoms. The van der Waals surface area contributed by atoms with Gasteiger partial charge in [0.25, 0.3) is 0 Å². The van der Waals surface area contributed by atoms with E-state index in [0.717, 1.165) is 31.5 Å². The number of nitrogens with one attached hydrogen (secondary N) is 1. The molecule has 0 amide bonds. The molecule has 1 fully saturated rings. The van der Waals surface area contributed by atoms with Crippen LogP contribution in [0.1, 0.15) is 18.4 Å². The van der Waals surface area contributed by atoms with E-state index in [-0.39, 0.29) is 5.56 Å². The van der Waals surface area contributed by atoms with Crippen molar-refractivity contribution < 1.29 is 9.13 Å². The lowest BCUT2D eigenvalue weighted by Crippen LogP contribution is -2.26. The number of hydrogen-bond acceptors (Lipinski definition) is 6. The fourth-order valence-corrected chi connectivity index (χ4v) is 4.02. The van der Waals surface area contributed by atoms with Crippen molar-refractivity contribution in [2.75, 3.05) is 6.54 Å². The summed E-state index contributed by atoms with van der Waals surface area (Å²) in [5.74, 6) is 0.352. The maximum atomic E-state index is 14.4. The number of aromatic nitrogens is 5. The zero-order chi connectivity index (χ0) is 21.4. The van der Waals surface area contributed by atoms with Gasteiger partial charge in [0.2, 0.25) is 5.88 Å². The number of hydrogen-bond donors (Lipinski definition) is 1. The largest absolute Gasteiger partial charge is 0.435 e. The normalized spacial score (nSPS) is 16.0. The molecule has 0 aliphatic carbocycles. The molecular weight excluding hydrogens is 397 g/mol. The average Bonchev–Trinajstić information content (AvgIpc) is 3.50. The van der Waals surface area contributed by atoms with Gasteiger partial charge in [-0.2, -0.15) is 10.4 Å². The van der Waals surface area contributed by atoms with Crippen LogP contribution in [-0.2, 0) is 13.6 Å². The predicted molar refractivity (Wildman–Crippen MR) is 112 cm³/mol. The molecule has 4 aromatic rings. The third kappa shape index (κ3) is 3.62. The monoisotopic (exact) mass is 417 g/mol. The van der Waals surface area contributed by atoms with Crippen LogP contribution < -0.4 is 10.1 Å². The maximum absolute atomic E-state index is 14.4. The molecule has 1 saturated heterocycles. The van der Waals surface area contributed by atoms with Gasteiger partial charge in [-0.25, -0.2) is 14.4 Å². The van der Waals surface area contributed by atoms with E-state index in [1.165, 1.54) is 18.5 Å². The van der Waals surface area contributed by atoms with Crippen molar-refractivity contribution in [2.45, 2.75) is 25.4 Å². The second-order valence-corrected chi connectivity index (χ2v) is 7.62. The molecule has 3 aromatic heterocycles. The fraction of sp³-hybridized carbons (Fsp3) is 0.273. The summed E-state index contributed by atoms with van der Waals surface area (Å²) in [4.78, 5) is 8.86. The average molecular weight is 417 g/mol. The van der Waals surface area contributed by atoms with Gasteiger partial charge in [0.15, 0.2) is 5.75 Å². The van der Waals surface area contributed by atoms with Crippen molar-refractivity contribution >= 4 is 11.0 Å². The molecule has 1 aromatic carbocycles. The smallest absolute Gasteiger partial charge is 0.232 e. The number of aryl methyl sites for hydroxylation is 1. The summed E-state index contributed by atoms with van der Waals surface area (Å²) in [7, 11) is 1.80. The summed E-state index contributed by atoms with van der Waals surface area (Å²) < 4.78 is 24.1. The first-order valence-electron chi connectivity index (χ1n) is 10.1. The zero-order valence-electron chi connectivity index (χ0n) is 16.9. The SMILES string of the molecule is Cn1cc(Oc2ncnc3c2c(-c2ccc(C#N)c(F)c2)cn3CC2CCCN2)cn1. The minimum absolute atomic E-state index is 0.00530. The lowest BCUT2D eigenvalue weighted by Gasteiger charge is -2.12. The molecule has 1 atom stereocenters. The van der Waals surface area contributed by atoms with Gasteiger partial charge in [0.1, 0.15) is 23.9 Å². The van der Waals surface area contributed by atoms with E-state index in [2.05, 4.69) is 25.0 Å². The molecule has 0 bridgehead atoms. The fourth-order valence-electron chi connectivity index (χ4n) is 4.02. The van der Waals surface area contributed by atoms with Crippen molar-refractivity contribution in [3.63, 3.8) is 0 Å². The van der Waals surface area contributed by atoms with E-state index in [1.807, 2.05) is 12.3 Å². The Hall–Kier alpha value is -3.77. The first-order valence-corrected chi connectivity index (χ1v) is 10.1. The van der Waals surface area contributed by atoms with Crippen LogP contribution in [0.4, 0.5) is 4.39 Å². The Morgan fingerprint density at radius 3 is 2.94 bits per heavy atom. The highest BCUT2D eigenvalue weighted by Gasteiger charge is 2.22. The molecule has 1 aliphatic heterocycles. The van der Waals surface area contributed by atoms with Gasteiger partial charge in [-0.05, 0) is 37.1 Å². The van der Waals surface area contributed by atoms with E-state index < -0.39 is 5.82 Å². The van der Waals surface area contributed by atoms with Gasteiger partial charge in [-0.15, -0.1) is 0 Å². The molecular formula is C22H20FN7O. The first kappa shape index (κ1) is 19.2. The molecule has 8 nitrogen and oxygen atoms in total. The molecule has 5 rings (SSSR count). The van der Waals surface area contributed by atoms with Crippen molar-refractivity contribution in [2.24, 2.45) is 7.05 Å². The van der Waals surface area contributed by atoms with Crippen LogP contribution in [0.3, 0.4) is 0 Å². The topological polar surface area (TPSA) is 93.6 Å². The molecule has 9 heteroatoms. The lowest BCUT2D eigenvalue weighted by molar-refractivity contribution is 0.467. The maximum Gasteiger partial charge on any atom is 0.232 e. The van der Waals surface area contributed by atoms with Gasteiger partial charge >= 0.3 is 0 Å². The summed E-state index contributed by atoms with van der Waals surface area (Å²) in [5, 5.41) is 17.4. The second kappa shape index (κ2) is 7.81. The quantitative estimate of drug-likeness (QED) is 0.535. The number of nitrogens with zero attached hydrogens (tertiary/aromatic N) is 6. The Morgan fingerprint density at radius 1 is 1.32 bits per heavy atom. The van der Waals surface area contributed by atoms with E-state index in [4.69, 9.17) is 10.00 Å². The molecule has 1 unspecified atom stereocenters. The summed E-state index contributed by atoms with van der Waals surface area (Å²) in [6, 6.07) is 6.79. The van der Waals surface area contributed by atoms with E-state index in [9.17, 15) is 4.39 Å². The number of fused-ring (bicyclic) bond motifs is 1. The van der Waals surface area contributed by atoms with Crippen molar-refractivity contribution in [3.05, 3.63) is 54.5 Å². The minimum Gasteiger partial charge on any atom is -0.435 e. The van der Waals surface area contributed by atoms with Gasteiger partial charge in [0.05, 0.1) is 23.3 Å². The molecule has 156 valence electrons. The van der Waals surface area contributed by atoms with Crippen LogP contribution in [0.2, 0.25) is 0 Å². The van der Waals surface area contributed by atoms with E-state index in [1.54, 1.807) is 30.2 Å². The summed E-state index contributed by atoms with van der Waals surface area (Å²) in [6.07, 6.45) is 9.00. The molecule has 1 aliphatic rings. The zero-order valence-corrected chi connectivity index (χ0v) is 16.9. The number of halogens is 1. The third-order valence-corrected chi connectivity index (χ3v) is 5.49. The van der Waals surface area contributed by atoms with Gasteiger partial charge in [-0.3, -0.25) is 4.68 Å². The third-order valence-electron chi connectivity index (χ3n) is 5.49. The Kier molecular flexibility index (Phi) is 4.84. The Morgan fingerprint density at radius 2 is 2.23 bits per heavy atom. The highest BCUT2D eigenvalue weighted by Crippen LogP contribution is 2.37. The number of benzene rings is 1. The highest BCUT2D eigenvalue weighted by atomic mass is 19.1. The molecule has 0 spiro atoms. The Balaban J connectivity index is 1.66. The van der Waals surface area contributed by atoms with Gasteiger partial charge in [0, 0.05) is 31.4 Å². The van der Waals surface area contributed by atoms with E-state index in [0.29, 0.717) is 34.3 Å². The first-order chi connectivity index (χ1) is 15.1. The minimum atomic E-state index is -0.565. The molecule has 0 radical (unpaired) electrons. The Labute approximate surface area is 177 Å². The Bertz CT molecular complexity index is 1300. The van der Waals surface area contributed by atoms with Crippen molar-refractivity contribution in [1.29, 1.82) is 5.26 Å². The highest BCUT2D eigenvalue weighted by molar-refractivity contribution is 5.97. The van der Waals surface area contributed by atoms with Crippen LogP contribution in [0.5, 0.6) is 11.6 Å². The van der Waals surface area contributed by atoms with Crippen LogP contribution >= 0.6 is 0 Å². The van der Waals surface area contributed by atoms with Crippen LogP contribution in [0, 0.1) is 17.1 Å². The molecule has 1 N–H and O–H groups in total. The number of nitriles is 1. The van der Waals surface area contributed by atoms with Gasteiger partial charge in [-0.1, -0.05) is 6.07 Å². The van der Waals surface area contributed by atoms with Crippen molar-refractivity contribution in [1.82, 2.24) is 29.6 Å². The summed E-state index contributed by atoms with van der Waals surface area (Å²) in [6.45, 7) is 1.74. The van der Waals surface area contributed by atoms with Crippen LogP contribution in [0.25, 0.3) is 22.2 Å². The van der Waals surface area contributed by atoms with Gasteiger partial charge < -0.3 is 14.6 Å². The van der Waals surface area contributed by atoms with Crippen molar-refractivity contribution in [3.8, 4) is 28.8 Å². The van der Waals surface area contributed by atoms with E-state index >= 15 is 0 Å². The number of rotatable bonds is 5. The van der Waals surface area contributed by atoms with Crippen LogP contribution in [-0.4, -0.2) is 36.9 Å².